The van der Waals surface area contributed by atoms with Crippen LogP contribution in [0.4, 0.5) is 0 Å². The van der Waals surface area contributed by atoms with Crippen molar-refractivity contribution in [1.29, 1.82) is 0 Å². The second-order valence-electron chi connectivity index (χ2n) is 6.85. The molecule has 1 aliphatic rings. The second-order valence-corrected chi connectivity index (χ2v) is 6.85. The van der Waals surface area contributed by atoms with Gasteiger partial charge >= 0.3 is 0 Å². The Labute approximate surface area is 157 Å². The van der Waals surface area contributed by atoms with Crippen molar-refractivity contribution in [3.05, 3.63) is 65.8 Å². The zero-order chi connectivity index (χ0) is 18.6. The maximum atomic E-state index is 12.1. The number of aryl methyl sites for hydroxylation is 1. The van der Waals surface area contributed by atoms with E-state index in [0.29, 0.717) is 24.8 Å². The van der Waals surface area contributed by atoms with Crippen molar-refractivity contribution in [1.82, 2.24) is 25.3 Å². The first kappa shape index (κ1) is 17.4. The molecule has 0 saturated carbocycles. The normalized spacial score (nSPS) is 14.7. The molecule has 3 aromatic rings. The maximum Gasteiger partial charge on any atom is 0.234 e. The Bertz CT molecular complexity index is 902. The number of likely N-dealkylation sites (tertiary alicyclic amines) is 1. The van der Waals surface area contributed by atoms with Gasteiger partial charge in [-0.25, -0.2) is 0 Å². The van der Waals surface area contributed by atoms with Gasteiger partial charge in [0.05, 0.1) is 12.5 Å². The van der Waals surface area contributed by atoms with Gasteiger partial charge in [-0.2, -0.15) is 4.98 Å². The van der Waals surface area contributed by atoms with Crippen LogP contribution in [0.15, 0.2) is 53.3 Å². The predicted molar refractivity (Wildman–Crippen MR) is 99.7 cm³/mol. The summed E-state index contributed by atoms with van der Waals surface area (Å²) in [6, 6.07) is 11.9. The van der Waals surface area contributed by atoms with Crippen molar-refractivity contribution in [2.45, 2.75) is 19.4 Å². The minimum absolute atomic E-state index is 0.0237. The van der Waals surface area contributed by atoms with Crippen molar-refractivity contribution in [3.8, 4) is 11.4 Å². The number of aromatic nitrogens is 3. The summed E-state index contributed by atoms with van der Waals surface area (Å²) < 4.78 is 5.38. The first-order valence-corrected chi connectivity index (χ1v) is 8.96. The molecule has 2 aromatic heterocycles. The summed E-state index contributed by atoms with van der Waals surface area (Å²) in [5, 5.41) is 6.98. The lowest BCUT2D eigenvalue weighted by molar-refractivity contribution is -0.123. The van der Waals surface area contributed by atoms with Crippen LogP contribution in [-0.2, 0) is 11.3 Å². The summed E-state index contributed by atoms with van der Waals surface area (Å²) >= 11 is 0. The van der Waals surface area contributed by atoms with Gasteiger partial charge in [0.15, 0.2) is 0 Å². The SMILES string of the molecule is Cc1ccc(CNC(=O)CN2CC(c3nc(-c4cccnc4)no3)C2)cc1. The summed E-state index contributed by atoms with van der Waals surface area (Å²) in [7, 11) is 0. The van der Waals surface area contributed by atoms with Gasteiger partial charge in [0.25, 0.3) is 0 Å². The number of nitrogens with one attached hydrogen (secondary N) is 1. The molecule has 0 bridgehead atoms. The van der Waals surface area contributed by atoms with Gasteiger partial charge in [-0.05, 0) is 24.6 Å². The van der Waals surface area contributed by atoms with Crippen LogP contribution in [0.25, 0.3) is 11.4 Å². The fourth-order valence-corrected chi connectivity index (χ4v) is 3.03. The molecule has 4 rings (SSSR count). The van der Waals surface area contributed by atoms with Gasteiger partial charge < -0.3 is 9.84 Å². The quantitative estimate of drug-likeness (QED) is 0.722. The summed E-state index contributed by atoms with van der Waals surface area (Å²) in [5.41, 5.74) is 3.15. The molecule has 0 aliphatic carbocycles. The van der Waals surface area contributed by atoms with E-state index in [9.17, 15) is 4.79 Å². The molecule has 1 fully saturated rings. The monoisotopic (exact) mass is 363 g/mol. The molecule has 7 heteroatoms. The number of pyridine rings is 1. The standard InChI is InChI=1S/C20H21N5O2/c1-14-4-6-15(7-5-14)9-22-18(26)13-25-11-17(12-25)20-23-19(24-27-20)16-3-2-8-21-10-16/h2-8,10,17H,9,11-13H2,1H3,(H,22,26). The third kappa shape index (κ3) is 4.20. The first-order chi connectivity index (χ1) is 13.2. The molecule has 138 valence electrons. The van der Waals surface area contributed by atoms with Gasteiger partial charge in [-0.3, -0.25) is 14.7 Å². The van der Waals surface area contributed by atoms with Crippen molar-refractivity contribution < 1.29 is 9.32 Å². The Hall–Kier alpha value is -3.06. The minimum Gasteiger partial charge on any atom is -0.351 e. The van der Waals surface area contributed by atoms with E-state index >= 15 is 0 Å². The van der Waals surface area contributed by atoms with Crippen LogP contribution in [0, 0.1) is 6.92 Å². The topological polar surface area (TPSA) is 84.2 Å². The highest BCUT2D eigenvalue weighted by molar-refractivity contribution is 5.78. The Morgan fingerprint density at radius 2 is 2.07 bits per heavy atom. The van der Waals surface area contributed by atoms with Crippen LogP contribution in [-0.4, -0.2) is 45.6 Å². The minimum atomic E-state index is 0.0237. The summed E-state index contributed by atoms with van der Waals surface area (Å²) in [6.45, 7) is 4.46. The largest absolute Gasteiger partial charge is 0.351 e. The molecular weight excluding hydrogens is 342 g/mol. The Morgan fingerprint density at radius 1 is 1.26 bits per heavy atom. The van der Waals surface area contributed by atoms with Crippen molar-refractivity contribution in [3.63, 3.8) is 0 Å². The van der Waals surface area contributed by atoms with Gasteiger partial charge in [-0.1, -0.05) is 35.0 Å². The number of amides is 1. The first-order valence-electron chi connectivity index (χ1n) is 8.96. The molecule has 27 heavy (non-hydrogen) atoms. The third-order valence-corrected chi connectivity index (χ3v) is 4.65. The van der Waals surface area contributed by atoms with Crippen LogP contribution in [0.3, 0.4) is 0 Å². The molecule has 1 amide bonds. The fourth-order valence-electron chi connectivity index (χ4n) is 3.03. The second kappa shape index (κ2) is 7.67. The molecule has 7 nitrogen and oxygen atoms in total. The maximum absolute atomic E-state index is 12.1. The van der Waals surface area contributed by atoms with E-state index in [1.807, 2.05) is 43.3 Å². The van der Waals surface area contributed by atoms with E-state index in [-0.39, 0.29) is 11.8 Å². The zero-order valence-corrected chi connectivity index (χ0v) is 15.1. The summed E-state index contributed by atoms with van der Waals surface area (Å²) in [4.78, 5) is 22.7. The van der Waals surface area contributed by atoms with Crippen LogP contribution < -0.4 is 5.32 Å². The zero-order valence-electron chi connectivity index (χ0n) is 15.1. The number of nitrogens with zero attached hydrogens (tertiary/aromatic N) is 4. The highest BCUT2D eigenvalue weighted by Gasteiger charge is 2.33. The predicted octanol–water partition coefficient (Wildman–Crippen LogP) is 2.16. The number of carbonyl (C=O) groups is 1. The number of benzene rings is 1. The number of carbonyl (C=O) groups excluding carboxylic acids is 1. The molecule has 0 spiro atoms. The molecule has 1 aromatic carbocycles. The summed E-state index contributed by atoms with van der Waals surface area (Å²) in [6.07, 6.45) is 3.41. The lowest BCUT2D eigenvalue weighted by Crippen LogP contribution is -2.49. The van der Waals surface area contributed by atoms with Crippen LogP contribution in [0.1, 0.15) is 22.9 Å². The third-order valence-electron chi connectivity index (χ3n) is 4.65. The van der Waals surface area contributed by atoms with Crippen LogP contribution in [0.5, 0.6) is 0 Å². The molecule has 0 radical (unpaired) electrons. The van der Waals surface area contributed by atoms with Gasteiger partial charge in [0, 0.05) is 37.6 Å². The van der Waals surface area contributed by atoms with Gasteiger partial charge in [-0.15, -0.1) is 0 Å². The molecular formula is C20H21N5O2. The Kier molecular flexibility index (Phi) is 4.93. The smallest absolute Gasteiger partial charge is 0.234 e. The van der Waals surface area contributed by atoms with Gasteiger partial charge in [0.1, 0.15) is 0 Å². The molecule has 0 atom stereocenters. The van der Waals surface area contributed by atoms with Crippen LogP contribution >= 0.6 is 0 Å². The highest BCUT2D eigenvalue weighted by atomic mass is 16.5. The molecule has 1 aliphatic heterocycles. The molecule has 0 unspecified atom stereocenters. The van der Waals surface area contributed by atoms with Crippen molar-refractivity contribution in [2.24, 2.45) is 0 Å². The van der Waals surface area contributed by atoms with E-state index in [2.05, 4.69) is 25.3 Å². The van der Waals surface area contributed by atoms with E-state index in [4.69, 9.17) is 4.52 Å². The molecule has 3 heterocycles. The average Bonchev–Trinajstić information content (AvgIpc) is 3.14. The fraction of sp³-hybridized carbons (Fsp3) is 0.300. The van der Waals surface area contributed by atoms with E-state index in [1.165, 1.54) is 5.56 Å². The summed E-state index contributed by atoms with van der Waals surface area (Å²) in [5.74, 6) is 1.36. The van der Waals surface area contributed by atoms with E-state index < -0.39 is 0 Å². The highest BCUT2D eigenvalue weighted by Crippen LogP contribution is 2.27. The van der Waals surface area contributed by atoms with Crippen molar-refractivity contribution in [2.75, 3.05) is 19.6 Å². The number of hydrogen-bond acceptors (Lipinski definition) is 6. The van der Waals surface area contributed by atoms with Crippen LogP contribution in [0.2, 0.25) is 0 Å². The molecule has 1 saturated heterocycles. The number of rotatable bonds is 6. The molecule has 1 N–H and O–H groups in total. The van der Waals surface area contributed by atoms with Crippen molar-refractivity contribution >= 4 is 5.91 Å². The average molecular weight is 363 g/mol. The number of hydrogen-bond donors (Lipinski definition) is 1. The Morgan fingerprint density at radius 3 is 2.81 bits per heavy atom. The van der Waals surface area contributed by atoms with E-state index in [1.54, 1.807) is 12.4 Å². The Balaban J connectivity index is 1.23. The lowest BCUT2D eigenvalue weighted by Gasteiger charge is -2.36. The van der Waals surface area contributed by atoms with E-state index in [0.717, 1.165) is 24.2 Å². The lowest BCUT2D eigenvalue weighted by atomic mass is 10.0. The van der Waals surface area contributed by atoms with Gasteiger partial charge in [0.2, 0.25) is 17.6 Å².